The first-order valence-electron chi connectivity index (χ1n) is 7.62. The van der Waals surface area contributed by atoms with Crippen LogP contribution in [0.3, 0.4) is 0 Å². The van der Waals surface area contributed by atoms with E-state index >= 15 is 0 Å². The lowest BCUT2D eigenvalue weighted by Gasteiger charge is -2.34. The monoisotopic (exact) mass is 309 g/mol. The average molecular weight is 310 g/mol. The number of rotatable bonds is 5. The number of halogens is 1. The van der Waals surface area contributed by atoms with Crippen molar-refractivity contribution in [3.63, 3.8) is 0 Å². The van der Waals surface area contributed by atoms with Gasteiger partial charge in [0, 0.05) is 32.6 Å². The van der Waals surface area contributed by atoms with Gasteiger partial charge in [0.15, 0.2) is 0 Å². The quantitative estimate of drug-likeness (QED) is 0.878. The summed E-state index contributed by atoms with van der Waals surface area (Å²) in [7, 11) is 1.71. The first kappa shape index (κ1) is 16.1. The lowest BCUT2D eigenvalue weighted by atomic mass is 9.95. The van der Waals surface area contributed by atoms with Gasteiger partial charge in [-0.3, -0.25) is 4.79 Å². The summed E-state index contributed by atoms with van der Waals surface area (Å²) in [6.45, 7) is 5.60. The molecule has 1 aromatic carbocycles. The molecule has 0 saturated carbocycles. The number of para-hydroxylation sites is 1. The van der Waals surface area contributed by atoms with Crippen LogP contribution in [0.4, 0.5) is 5.69 Å². The van der Waals surface area contributed by atoms with Crippen LogP contribution in [0.15, 0.2) is 18.2 Å². The molecule has 21 heavy (non-hydrogen) atoms. The van der Waals surface area contributed by atoms with Crippen molar-refractivity contribution in [2.75, 3.05) is 31.6 Å². The number of carbonyl (C=O) groups is 1. The van der Waals surface area contributed by atoms with Gasteiger partial charge < -0.3 is 15.5 Å². The third-order valence-corrected chi connectivity index (χ3v) is 4.37. The number of carbonyl (C=O) groups excluding carboxylic acids is 1. The fourth-order valence-electron chi connectivity index (χ4n) is 2.89. The van der Waals surface area contributed by atoms with Gasteiger partial charge in [-0.25, -0.2) is 0 Å². The maximum atomic E-state index is 11.7. The predicted molar refractivity (Wildman–Crippen MR) is 87.8 cm³/mol. The largest absolute Gasteiger partial charge is 0.370 e. The van der Waals surface area contributed by atoms with Gasteiger partial charge >= 0.3 is 0 Å². The third-order valence-electron chi connectivity index (χ3n) is 4.06. The molecule has 1 heterocycles. The molecule has 1 saturated heterocycles. The Morgan fingerprint density at radius 2 is 2.10 bits per heavy atom. The number of nitrogens with zero attached hydrogens (tertiary/aromatic N) is 1. The van der Waals surface area contributed by atoms with E-state index in [-0.39, 0.29) is 11.8 Å². The molecule has 2 N–H and O–H groups in total. The predicted octanol–water partition coefficient (Wildman–Crippen LogP) is 2.41. The van der Waals surface area contributed by atoms with Crippen LogP contribution >= 0.6 is 11.6 Å². The standard InChI is InChI=1S/C16H24ClN3O/c1-3-19-11-13-5-4-6-14(17)15(13)20-9-7-12(8-10-20)16(21)18-2/h4-6,12,19H,3,7-11H2,1-2H3,(H,18,21). The number of piperidine rings is 1. The van der Waals surface area contributed by atoms with E-state index in [1.807, 2.05) is 12.1 Å². The lowest BCUT2D eigenvalue weighted by Crippen LogP contribution is -2.40. The number of benzene rings is 1. The van der Waals surface area contributed by atoms with Crippen molar-refractivity contribution < 1.29 is 4.79 Å². The Morgan fingerprint density at radius 1 is 1.38 bits per heavy atom. The van der Waals surface area contributed by atoms with E-state index in [1.165, 1.54) is 5.56 Å². The maximum Gasteiger partial charge on any atom is 0.222 e. The molecule has 116 valence electrons. The van der Waals surface area contributed by atoms with E-state index < -0.39 is 0 Å². The van der Waals surface area contributed by atoms with Gasteiger partial charge in [0.25, 0.3) is 0 Å². The first-order valence-corrected chi connectivity index (χ1v) is 7.99. The molecule has 0 atom stereocenters. The zero-order valence-electron chi connectivity index (χ0n) is 12.8. The molecule has 0 unspecified atom stereocenters. The Morgan fingerprint density at radius 3 is 2.71 bits per heavy atom. The second kappa shape index (κ2) is 7.66. The number of nitrogens with one attached hydrogen (secondary N) is 2. The molecule has 1 aromatic rings. The van der Waals surface area contributed by atoms with E-state index in [4.69, 9.17) is 11.6 Å². The topological polar surface area (TPSA) is 44.4 Å². The van der Waals surface area contributed by atoms with E-state index in [0.29, 0.717) is 0 Å². The van der Waals surface area contributed by atoms with Crippen LogP contribution in [0.2, 0.25) is 5.02 Å². The van der Waals surface area contributed by atoms with E-state index in [9.17, 15) is 4.79 Å². The minimum absolute atomic E-state index is 0.131. The van der Waals surface area contributed by atoms with Crippen molar-refractivity contribution in [2.45, 2.75) is 26.3 Å². The van der Waals surface area contributed by atoms with Gasteiger partial charge in [0.1, 0.15) is 0 Å². The van der Waals surface area contributed by atoms with Crippen LogP contribution in [0.25, 0.3) is 0 Å². The minimum atomic E-state index is 0.131. The van der Waals surface area contributed by atoms with Crippen molar-refractivity contribution >= 4 is 23.2 Å². The van der Waals surface area contributed by atoms with Crippen LogP contribution in [-0.4, -0.2) is 32.6 Å². The summed E-state index contributed by atoms with van der Waals surface area (Å²) in [5.74, 6) is 0.285. The molecule has 4 nitrogen and oxygen atoms in total. The Hall–Kier alpha value is -1.26. The van der Waals surface area contributed by atoms with Crippen LogP contribution in [-0.2, 0) is 11.3 Å². The van der Waals surface area contributed by atoms with Gasteiger partial charge in [-0.05, 0) is 31.0 Å². The minimum Gasteiger partial charge on any atom is -0.370 e. The molecule has 1 aliphatic heterocycles. The average Bonchev–Trinajstić information content (AvgIpc) is 2.52. The summed E-state index contributed by atoms with van der Waals surface area (Å²) in [6.07, 6.45) is 1.76. The Labute approximate surface area is 131 Å². The fraction of sp³-hybridized carbons (Fsp3) is 0.562. The summed E-state index contributed by atoms with van der Waals surface area (Å²) in [5.41, 5.74) is 2.35. The van der Waals surface area contributed by atoms with Crippen molar-refractivity contribution in [1.82, 2.24) is 10.6 Å². The highest BCUT2D eigenvalue weighted by atomic mass is 35.5. The lowest BCUT2D eigenvalue weighted by molar-refractivity contribution is -0.125. The van der Waals surface area contributed by atoms with Crippen LogP contribution in [0.1, 0.15) is 25.3 Å². The normalized spacial score (nSPS) is 16.0. The zero-order chi connectivity index (χ0) is 15.2. The molecule has 1 amide bonds. The van der Waals surface area contributed by atoms with Crippen molar-refractivity contribution in [3.8, 4) is 0 Å². The molecule has 0 bridgehead atoms. The second-order valence-electron chi connectivity index (χ2n) is 5.40. The number of amides is 1. The van der Waals surface area contributed by atoms with Crippen LogP contribution < -0.4 is 15.5 Å². The first-order chi connectivity index (χ1) is 10.2. The molecular formula is C16H24ClN3O. The molecule has 0 aliphatic carbocycles. The molecule has 0 spiro atoms. The van der Waals surface area contributed by atoms with E-state index in [0.717, 1.165) is 49.7 Å². The zero-order valence-corrected chi connectivity index (χ0v) is 13.5. The fourth-order valence-corrected chi connectivity index (χ4v) is 3.20. The molecular weight excluding hydrogens is 286 g/mol. The van der Waals surface area contributed by atoms with Gasteiger partial charge in [-0.15, -0.1) is 0 Å². The molecule has 2 rings (SSSR count). The van der Waals surface area contributed by atoms with Crippen molar-refractivity contribution in [2.24, 2.45) is 5.92 Å². The molecule has 0 aromatic heterocycles. The summed E-state index contributed by atoms with van der Waals surface area (Å²) >= 11 is 6.42. The molecule has 0 radical (unpaired) electrons. The highest BCUT2D eigenvalue weighted by Crippen LogP contribution is 2.33. The summed E-state index contributed by atoms with van der Waals surface area (Å²) in [6, 6.07) is 6.06. The Bertz CT molecular complexity index is 484. The van der Waals surface area contributed by atoms with E-state index in [1.54, 1.807) is 7.05 Å². The summed E-state index contributed by atoms with van der Waals surface area (Å²) < 4.78 is 0. The summed E-state index contributed by atoms with van der Waals surface area (Å²) in [4.78, 5) is 14.0. The number of hydrogen-bond acceptors (Lipinski definition) is 3. The molecule has 5 heteroatoms. The van der Waals surface area contributed by atoms with Crippen LogP contribution in [0, 0.1) is 5.92 Å². The van der Waals surface area contributed by atoms with Gasteiger partial charge in [0.05, 0.1) is 10.7 Å². The number of anilines is 1. The number of hydrogen-bond donors (Lipinski definition) is 2. The smallest absolute Gasteiger partial charge is 0.222 e. The van der Waals surface area contributed by atoms with Crippen molar-refractivity contribution in [3.05, 3.63) is 28.8 Å². The summed E-state index contributed by atoms with van der Waals surface area (Å²) in [5, 5.41) is 6.90. The van der Waals surface area contributed by atoms with Crippen molar-refractivity contribution in [1.29, 1.82) is 0 Å². The Kier molecular flexibility index (Phi) is 5.88. The highest BCUT2D eigenvalue weighted by Gasteiger charge is 2.26. The Balaban J connectivity index is 2.10. The van der Waals surface area contributed by atoms with Crippen LogP contribution in [0.5, 0.6) is 0 Å². The van der Waals surface area contributed by atoms with E-state index in [2.05, 4.69) is 28.5 Å². The maximum absolute atomic E-state index is 11.7. The highest BCUT2D eigenvalue weighted by molar-refractivity contribution is 6.33. The SMILES string of the molecule is CCNCc1cccc(Cl)c1N1CCC(C(=O)NC)CC1. The van der Waals surface area contributed by atoms with Gasteiger partial charge in [0.2, 0.25) is 5.91 Å². The molecule has 1 aliphatic rings. The van der Waals surface area contributed by atoms with Gasteiger partial charge in [-0.2, -0.15) is 0 Å². The molecule has 1 fully saturated rings. The second-order valence-corrected chi connectivity index (χ2v) is 5.81. The third kappa shape index (κ3) is 3.89. The van der Waals surface area contributed by atoms with Gasteiger partial charge in [-0.1, -0.05) is 30.7 Å².